The maximum atomic E-state index is 10.6. The first-order valence-corrected chi connectivity index (χ1v) is 5.39. The van der Waals surface area contributed by atoms with Gasteiger partial charge < -0.3 is 20.1 Å². The molecule has 1 spiro atoms. The van der Waals surface area contributed by atoms with E-state index in [1.807, 2.05) is 0 Å². The molecule has 2 rings (SSSR count). The molecular weight excluding hydrogens is 180 g/mol. The summed E-state index contributed by atoms with van der Waals surface area (Å²) >= 11 is 0. The van der Waals surface area contributed by atoms with Gasteiger partial charge in [-0.2, -0.15) is 0 Å². The van der Waals surface area contributed by atoms with Gasteiger partial charge in [-0.1, -0.05) is 0 Å². The van der Waals surface area contributed by atoms with Crippen LogP contribution in [0.15, 0.2) is 0 Å². The third kappa shape index (κ3) is 1.85. The van der Waals surface area contributed by atoms with Gasteiger partial charge in [-0.15, -0.1) is 0 Å². The van der Waals surface area contributed by atoms with Crippen molar-refractivity contribution in [3.63, 3.8) is 0 Å². The largest absolute Gasteiger partial charge is 0.530 e. The summed E-state index contributed by atoms with van der Waals surface area (Å²) in [6, 6.07) is 0. The van der Waals surface area contributed by atoms with Gasteiger partial charge in [0.05, 0.1) is 0 Å². The predicted molar refractivity (Wildman–Crippen MR) is 50.7 cm³/mol. The minimum Gasteiger partial charge on any atom is -0.530 e. The van der Waals surface area contributed by atoms with Crippen LogP contribution in [0.4, 0.5) is 4.79 Å². The van der Waals surface area contributed by atoms with Crippen molar-refractivity contribution in [2.45, 2.75) is 25.7 Å². The SMILES string of the molecule is O=C([O-])N1CCC2(CCNCC2)CC1. The summed E-state index contributed by atoms with van der Waals surface area (Å²) in [5.41, 5.74) is 0.428. The molecule has 0 saturated carbocycles. The zero-order chi connectivity index (χ0) is 10.0. The third-order valence-electron chi connectivity index (χ3n) is 3.75. The summed E-state index contributed by atoms with van der Waals surface area (Å²) in [6.45, 7) is 3.52. The lowest BCUT2D eigenvalue weighted by molar-refractivity contribution is -0.267. The molecule has 2 aliphatic heterocycles. The summed E-state index contributed by atoms with van der Waals surface area (Å²) in [6.07, 6.45) is 3.43. The van der Waals surface area contributed by atoms with Crippen molar-refractivity contribution >= 4 is 6.09 Å². The Kier molecular flexibility index (Phi) is 2.63. The van der Waals surface area contributed by atoms with Crippen LogP contribution >= 0.6 is 0 Å². The second-order valence-electron chi connectivity index (χ2n) is 4.50. The fraction of sp³-hybridized carbons (Fsp3) is 0.900. The zero-order valence-electron chi connectivity index (χ0n) is 8.42. The Labute approximate surface area is 84.3 Å². The molecule has 2 saturated heterocycles. The van der Waals surface area contributed by atoms with Crippen LogP contribution in [0.3, 0.4) is 0 Å². The van der Waals surface area contributed by atoms with Crippen LogP contribution < -0.4 is 10.4 Å². The van der Waals surface area contributed by atoms with Crippen molar-refractivity contribution in [3.8, 4) is 0 Å². The summed E-state index contributed by atoms with van der Waals surface area (Å²) in [7, 11) is 0. The van der Waals surface area contributed by atoms with Gasteiger partial charge in [-0.25, -0.2) is 0 Å². The van der Waals surface area contributed by atoms with E-state index < -0.39 is 6.09 Å². The van der Waals surface area contributed by atoms with Gasteiger partial charge in [0.15, 0.2) is 0 Å². The lowest BCUT2D eigenvalue weighted by atomic mass is 9.72. The molecule has 0 bridgehead atoms. The van der Waals surface area contributed by atoms with Crippen LogP contribution in [0.1, 0.15) is 25.7 Å². The Balaban J connectivity index is 1.90. The first kappa shape index (κ1) is 9.77. The van der Waals surface area contributed by atoms with E-state index in [1.54, 1.807) is 0 Å². The minimum absolute atomic E-state index is 0.428. The van der Waals surface area contributed by atoms with Crippen molar-refractivity contribution in [1.29, 1.82) is 0 Å². The molecule has 0 aromatic heterocycles. The molecule has 0 aliphatic carbocycles. The van der Waals surface area contributed by atoms with Crippen LogP contribution in [0.2, 0.25) is 0 Å². The van der Waals surface area contributed by atoms with E-state index >= 15 is 0 Å². The number of hydrogen-bond donors (Lipinski definition) is 1. The number of carboxylic acid groups (broad SMARTS) is 1. The van der Waals surface area contributed by atoms with Gasteiger partial charge in [-0.3, -0.25) is 0 Å². The first-order valence-electron chi connectivity index (χ1n) is 5.39. The van der Waals surface area contributed by atoms with E-state index in [0.29, 0.717) is 18.5 Å². The van der Waals surface area contributed by atoms with Gasteiger partial charge in [0.25, 0.3) is 0 Å². The molecule has 0 radical (unpaired) electrons. The summed E-state index contributed by atoms with van der Waals surface area (Å²) < 4.78 is 0. The highest BCUT2D eigenvalue weighted by Crippen LogP contribution is 2.39. The summed E-state index contributed by atoms with van der Waals surface area (Å²) in [4.78, 5) is 12.1. The Morgan fingerprint density at radius 3 is 2.21 bits per heavy atom. The number of nitrogens with zero attached hydrogens (tertiary/aromatic N) is 1. The quantitative estimate of drug-likeness (QED) is 0.585. The molecule has 14 heavy (non-hydrogen) atoms. The molecule has 80 valence electrons. The highest BCUT2D eigenvalue weighted by atomic mass is 16.4. The van der Waals surface area contributed by atoms with E-state index in [4.69, 9.17) is 0 Å². The van der Waals surface area contributed by atoms with E-state index in [1.165, 1.54) is 17.7 Å². The Morgan fingerprint density at radius 2 is 1.71 bits per heavy atom. The number of nitrogens with one attached hydrogen (secondary N) is 1. The molecule has 0 aromatic carbocycles. The van der Waals surface area contributed by atoms with Gasteiger partial charge in [0, 0.05) is 13.1 Å². The molecule has 1 amide bonds. The van der Waals surface area contributed by atoms with Crippen molar-refractivity contribution in [2.75, 3.05) is 26.2 Å². The second-order valence-corrected chi connectivity index (χ2v) is 4.50. The number of piperidine rings is 2. The molecule has 4 heteroatoms. The van der Waals surface area contributed by atoms with Crippen molar-refractivity contribution in [2.24, 2.45) is 5.41 Å². The van der Waals surface area contributed by atoms with Crippen LogP contribution in [-0.2, 0) is 0 Å². The lowest BCUT2D eigenvalue weighted by Gasteiger charge is -2.45. The third-order valence-corrected chi connectivity index (χ3v) is 3.75. The van der Waals surface area contributed by atoms with Crippen molar-refractivity contribution in [3.05, 3.63) is 0 Å². The standard InChI is InChI=1S/C10H18N2O2/c13-9(14)12-7-3-10(4-8-12)1-5-11-6-2-10/h11H,1-8H2,(H,13,14)/p-1. The molecular formula is C10H17N2O2-. The number of hydrogen-bond acceptors (Lipinski definition) is 3. The van der Waals surface area contributed by atoms with E-state index in [2.05, 4.69) is 5.32 Å². The smallest absolute Gasteiger partial charge is 0.136 e. The maximum Gasteiger partial charge on any atom is 0.136 e. The predicted octanol–water partition coefficient (Wildman–Crippen LogP) is -0.205. The average Bonchev–Trinajstić information content (AvgIpc) is 2.19. The second kappa shape index (κ2) is 3.77. The van der Waals surface area contributed by atoms with Crippen LogP contribution in [0.25, 0.3) is 0 Å². The highest BCUT2D eigenvalue weighted by Gasteiger charge is 2.35. The van der Waals surface area contributed by atoms with Crippen LogP contribution in [0.5, 0.6) is 0 Å². The maximum absolute atomic E-state index is 10.6. The topological polar surface area (TPSA) is 55.4 Å². The van der Waals surface area contributed by atoms with E-state index in [-0.39, 0.29) is 0 Å². The van der Waals surface area contributed by atoms with Crippen LogP contribution in [-0.4, -0.2) is 37.2 Å². The number of rotatable bonds is 0. The minimum atomic E-state index is -1.01. The zero-order valence-corrected chi connectivity index (χ0v) is 8.42. The molecule has 0 unspecified atom stereocenters. The fourth-order valence-corrected chi connectivity index (χ4v) is 2.62. The average molecular weight is 197 g/mol. The summed E-state index contributed by atoms with van der Waals surface area (Å²) in [5, 5.41) is 14.0. The van der Waals surface area contributed by atoms with Crippen molar-refractivity contribution in [1.82, 2.24) is 10.2 Å². The summed E-state index contributed by atoms with van der Waals surface area (Å²) in [5.74, 6) is 0. The van der Waals surface area contributed by atoms with Crippen molar-refractivity contribution < 1.29 is 9.90 Å². The monoisotopic (exact) mass is 197 g/mol. The van der Waals surface area contributed by atoms with E-state index in [9.17, 15) is 9.90 Å². The normalized spacial score (nSPS) is 26.4. The molecule has 0 atom stereocenters. The van der Waals surface area contributed by atoms with Gasteiger partial charge in [-0.05, 0) is 44.2 Å². The van der Waals surface area contributed by atoms with Gasteiger partial charge >= 0.3 is 0 Å². The van der Waals surface area contributed by atoms with E-state index in [0.717, 1.165) is 25.9 Å². The first-order chi connectivity index (χ1) is 6.72. The Morgan fingerprint density at radius 1 is 1.14 bits per heavy atom. The molecule has 4 nitrogen and oxygen atoms in total. The fourth-order valence-electron chi connectivity index (χ4n) is 2.62. The Hall–Kier alpha value is -0.770. The Bertz CT molecular complexity index is 214. The highest BCUT2D eigenvalue weighted by molar-refractivity contribution is 5.62. The molecule has 2 fully saturated rings. The lowest BCUT2D eigenvalue weighted by Crippen LogP contribution is -2.50. The molecule has 2 aliphatic rings. The number of likely N-dealkylation sites (tertiary alicyclic amines) is 1. The van der Waals surface area contributed by atoms with Gasteiger partial charge in [0.1, 0.15) is 6.09 Å². The number of amides is 1. The number of carbonyl (C=O) groups excluding carboxylic acids is 1. The molecule has 2 heterocycles. The number of carbonyl (C=O) groups is 1. The van der Waals surface area contributed by atoms with Crippen LogP contribution in [0, 0.1) is 5.41 Å². The molecule has 1 N–H and O–H groups in total. The molecule has 0 aromatic rings. The van der Waals surface area contributed by atoms with Gasteiger partial charge in [0.2, 0.25) is 0 Å².